The van der Waals surface area contributed by atoms with Gasteiger partial charge >= 0.3 is 0 Å². The van der Waals surface area contributed by atoms with Crippen LogP contribution in [0.2, 0.25) is 0 Å². The van der Waals surface area contributed by atoms with Crippen molar-refractivity contribution in [3.8, 4) is 11.5 Å². The summed E-state index contributed by atoms with van der Waals surface area (Å²) in [5.41, 5.74) is 5.60. The first kappa shape index (κ1) is 25.9. The lowest BCUT2D eigenvalue weighted by Gasteiger charge is -2.23. The van der Waals surface area contributed by atoms with Crippen molar-refractivity contribution < 1.29 is 4.42 Å². The van der Waals surface area contributed by atoms with Gasteiger partial charge in [-0.2, -0.15) is 0 Å². The molecule has 3 rings (SSSR count). The van der Waals surface area contributed by atoms with Gasteiger partial charge in [-0.25, -0.2) is 4.98 Å². The molecule has 0 unspecified atom stereocenters. The second kappa shape index (κ2) is 12.6. The van der Waals surface area contributed by atoms with E-state index in [4.69, 9.17) is 4.42 Å². The molecule has 0 aliphatic carbocycles. The van der Waals surface area contributed by atoms with E-state index in [1.54, 1.807) is 13.3 Å². The molecule has 3 aromatic rings. The third-order valence-electron chi connectivity index (χ3n) is 5.38. The molecule has 0 saturated carbocycles. The Kier molecular flexibility index (Phi) is 10.2. The molecular formula is C25H34IN5O. The van der Waals surface area contributed by atoms with Crippen LogP contribution in [0.15, 0.2) is 64.2 Å². The molecule has 0 saturated heterocycles. The summed E-state index contributed by atoms with van der Waals surface area (Å²) in [6, 6.07) is 17.2. The van der Waals surface area contributed by atoms with Gasteiger partial charge < -0.3 is 15.1 Å². The van der Waals surface area contributed by atoms with Crippen molar-refractivity contribution in [3.63, 3.8) is 0 Å². The standard InChI is InChI=1S/C25H33N5O.HI/c1-18(2)30(5)16-22-9-7-6-8-21(22)14-27-25(26-4)28-15-23-17-31-24(29-23)20-12-10-19(3)11-13-20;/h6-13,17-18H,14-16H2,1-5H3,(H2,26,27,28);1H. The van der Waals surface area contributed by atoms with Gasteiger partial charge in [0.15, 0.2) is 5.96 Å². The molecule has 0 bridgehead atoms. The highest BCUT2D eigenvalue weighted by atomic mass is 127. The highest BCUT2D eigenvalue weighted by Crippen LogP contribution is 2.19. The minimum atomic E-state index is 0. The van der Waals surface area contributed by atoms with E-state index < -0.39 is 0 Å². The third-order valence-corrected chi connectivity index (χ3v) is 5.38. The van der Waals surface area contributed by atoms with Crippen LogP contribution in [0.25, 0.3) is 11.5 Å². The Bertz CT molecular complexity index is 998. The van der Waals surface area contributed by atoms with Crippen LogP contribution in [0.5, 0.6) is 0 Å². The maximum Gasteiger partial charge on any atom is 0.226 e. The lowest BCUT2D eigenvalue weighted by atomic mass is 10.1. The number of aryl methyl sites for hydroxylation is 1. The van der Waals surface area contributed by atoms with E-state index in [1.807, 2.05) is 12.1 Å². The molecule has 7 heteroatoms. The van der Waals surface area contributed by atoms with Gasteiger partial charge in [-0.05, 0) is 51.1 Å². The van der Waals surface area contributed by atoms with Crippen LogP contribution in [0, 0.1) is 6.92 Å². The van der Waals surface area contributed by atoms with Crippen LogP contribution < -0.4 is 10.6 Å². The molecule has 2 aromatic carbocycles. The Morgan fingerprint density at radius 2 is 1.69 bits per heavy atom. The summed E-state index contributed by atoms with van der Waals surface area (Å²) < 4.78 is 5.64. The zero-order valence-corrected chi connectivity index (χ0v) is 21.9. The molecule has 172 valence electrons. The van der Waals surface area contributed by atoms with Gasteiger partial charge in [0, 0.05) is 31.7 Å². The zero-order valence-electron chi connectivity index (χ0n) is 19.6. The number of guanidine groups is 1. The van der Waals surface area contributed by atoms with Gasteiger partial charge in [0.05, 0.1) is 12.2 Å². The highest BCUT2D eigenvalue weighted by molar-refractivity contribution is 14.0. The molecule has 0 amide bonds. The fourth-order valence-corrected chi connectivity index (χ4v) is 3.13. The molecule has 2 N–H and O–H groups in total. The minimum absolute atomic E-state index is 0. The van der Waals surface area contributed by atoms with E-state index >= 15 is 0 Å². The Balaban J connectivity index is 0.00000363. The number of rotatable bonds is 8. The lowest BCUT2D eigenvalue weighted by Crippen LogP contribution is -2.36. The predicted molar refractivity (Wildman–Crippen MR) is 142 cm³/mol. The fourth-order valence-electron chi connectivity index (χ4n) is 3.13. The Labute approximate surface area is 208 Å². The molecule has 0 aliphatic heterocycles. The number of aromatic nitrogens is 1. The van der Waals surface area contributed by atoms with Gasteiger partial charge in [0.1, 0.15) is 6.26 Å². The Morgan fingerprint density at radius 3 is 2.34 bits per heavy atom. The number of hydrogen-bond acceptors (Lipinski definition) is 4. The molecule has 0 aliphatic rings. The van der Waals surface area contributed by atoms with Crippen molar-refractivity contribution >= 4 is 29.9 Å². The van der Waals surface area contributed by atoms with Crippen LogP contribution >= 0.6 is 24.0 Å². The van der Waals surface area contributed by atoms with E-state index in [0.29, 0.717) is 25.0 Å². The van der Waals surface area contributed by atoms with Crippen LogP contribution in [-0.4, -0.2) is 36.0 Å². The summed E-state index contributed by atoms with van der Waals surface area (Å²) in [6.07, 6.45) is 1.69. The van der Waals surface area contributed by atoms with Crippen molar-refractivity contribution in [2.45, 2.75) is 46.4 Å². The number of hydrogen-bond donors (Lipinski definition) is 2. The van der Waals surface area contributed by atoms with Gasteiger partial charge in [0.25, 0.3) is 0 Å². The van der Waals surface area contributed by atoms with Crippen molar-refractivity contribution in [3.05, 3.63) is 77.2 Å². The molecular weight excluding hydrogens is 513 g/mol. The van der Waals surface area contributed by atoms with E-state index in [2.05, 4.69) is 89.7 Å². The van der Waals surface area contributed by atoms with Crippen molar-refractivity contribution in [2.24, 2.45) is 4.99 Å². The summed E-state index contributed by atoms with van der Waals surface area (Å²) in [4.78, 5) is 11.3. The summed E-state index contributed by atoms with van der Waals surface area (Å²) >= 11 is 0. The topological polar surface area (TPSA) is 65.7 Å². The summed E-state index contributed by atoms with van der Waals surface area (Å²) in [7, 11) is 3.92. The molecule has 0 radical (unpaired) electrons. The predicted octanol–water partition coefficient (Wildman–Crippen LogP) is 4.97. The molecule has 0 atom stereocenters. The first-order valence-corrected chi connectivity index (χ1v) is 10.7. The molecule has 0 spiro atoms. The quantitative estimate of drug-likeness (QED) is 0.237. The van der Waals surface area contributed by atoms with Gasteiger partial charge in [-0.3, -0.25) is 9.89 Å². The van der Waals surface area contributed by atoms with Gasteiger partial charge in [0.2, 0.25) is 5.89 Å². The number of aliphatic imine (C=N–C) groups is 1. The zero-order chi connectivity index (χ0) is 22.2. The number of oxazole rings is 1. The minimum Gasteiger partial charge on any atom is -0.444 e. The van der Waals surface area contributed by atoms with Crippen molar-refractivity contribution in [1.29, 1.82) is 0 Å². The van der Waals surface area contributed by atoms with Crippen LogP contribution in [0.4, 0.5) is 0 Å². The smallest absolute Gasteiger partial charge is 0.226 e. The van der Waals surface area contributed by atoms with Crippen molar-refractivity contribution in [1.82, 2.24) is 20.5 Å². The molecule has 1 aromatic heterocycles. The summed E-state index contributed by atoms with van der Waals surface area (Å²) in [5, 5.41) is 6.72. The average molecular weight is 547 g/mol. The third kappa shape index (κ3) is 7.34. The normalized spacial score (nSPS) is 11.5. The number of halogens is 1. The molecule has 32 heavy (non-hydrogen) atoms. The highest BCUT2D eigenvalue weighted by Gasteiger charge is 2.10. The maximum absolute atomic E-state index is 5.64. The van der Waals surface area contributed by atoms with E-state index in [1.165, 1.54) is 16.7 Å². The summed E-state index contributed by atoms with van der Waals surface area (Å²) in [6.45, 7) is 8.64. The van der Waals surface area contributed by atoms with Gasteiger partial charge in [-0.15, -0.1) is 24.0 Å². The van der Waals surface area contributed by atoms with E-state index in [-0.39, 0.29) is 24.0 Å². The SMILES string of the molecule is CN=C(NCc1coc(-c2ccc(C)cc2)n1)NCc1ccccc1CN(C)C(C)C.I. The number of nitrogens with zero attached hydrogens (tertiary/aromatic N) is 3. The Hall–Kier alpha value is -2.39. The second-order valence-corrected chi connectivity index (χ2v) is 8.07. The first-order chi connectivity index (χ1) is 15.0. The van der Waals surface area contributed by atoms with Crippen LogP contribution in [0.1, 0.15) is 36.2 Å². The van der Waals surface area contributed by atoms with Crippen molar-refractivity contribution in [2.75, 3.05) is 14.1 Å². The summed E-state index contributed by atoms with van der Waals surface area (Å²) in [5.74, 6) is 1.36. The molecule has 6 nitrogen and oxygen atoms in total. The molecule has 0 fully saturated rings. The van der Waals surface area contributed by atoms with Crippen LogP contribution in [-0.2, 0) is 19.6 Å². The second-order valence-electron chi connectivity index (χ2n) is 8.07. The average Bonchev–Trinajstić information content (AvgIpc) is 3.24. The lowest BCUT2D eigenvalue weighted by molar-refractivity contribution is 0.265. The van der Waals surface area contributed by atoms with Crippen LogP contribution in [0.3, 0.4) is 0 Å². The van der Waals surface area contributed by atoms with E-state index in [9.17, 15) is 0 Å². The maximum atomic E-state index is 5.64. The van der Waals surface area contributed by atoms with E-state index in [0.717, 1.165) is 23.8 Å². The monoisotopic (exact) mass is 547 g/mol. The first-order valence-electron chi connectivity index (χ1n) is 10.7. The Morgan fingerprint density at radius 1 is 1.03 bits per heavy atom. The fraction of sp³-hybridized carbons (Fsp3) is 0.360. The molecule has 1 heterocycles. The number of benzene rings is 2. The van der Waals surface area contributed by atoms with Gasteiger partial charge in [-0.1, -0.05) is 42.0 Å². The number of nitrogens with one attached hydrogen (secondary N) is 2. The largest absolute Gasteiger partial charge is 0.444 e.